The van der Waals surface area contributed by atoms with Gasteiger partial charge in [-0.25, -0.2) is 4.68 Å². The molecule has 0 aliphatic carbocycles. The number of rotatable bonds is 5. The molecule has 6 heteroatoms. The van der Waals surface area contributed by atoms with Crippen molar-refractivity contribution >= 4 is 11.7 Å². The second-order valence-electron chi connectivity index (χ2n) is 6.98. The first-order chi connectivity index (χ1) is 13.1. The molecule has 1 atom stereocenters. The third-order valence-corrected chi connectivity index (χ3v) is 4.58. The van der Waals surface area contributed by atoms with Crippen molar-refractivity contribution in [3.8, 4) is 5.75 Å². The van der Waals surface area contributed by atoms with Crippen molar-refractivity contribution in [2.24, 2.45) is 0 Å². The molecule has 6 nitrogen and oxygen atoms in total. The van der Waals surface area contributed by atoms with E-state index in [0.717, 1.165) is 29.0 Å². The molecule has 4 rings (SSSR count). The van der Waals surface area contributed by atoms with Crippen LogP contribution in [-0.4, -0.2) is 26.8 Å². The van der Waals surface area contributed by atoms with E-state index in [0.29, 0.717) is 18.8 Å². The Morgan fingerprint density at radius 1 is 1.22 bits per heavy atom. The largest absolute Gasteiger partial charge is 0.490 e. The molecule has 0 spiro atoms. The molecule has 1 aliphatic heterocycles. The maximum atomic E-state index is 12.6. The minimum absolute atomic E-state index is 0.0576. The first-order valence-electron chi connectivity index (χ1n) is 9.08. The number of amides is 1. The highest BCUT2D eigenvalue weighted by Gasteiger charge is 2.19. The lowest BCUT2D eigenvalue weighted by Gasteiger charge is -2.09. The molecule has 1 aliphatic rings. The molecule has 0 radical (unpaired) electrons. The highest BCUT2D eigenvalue weighted by molar-refractivity contribution is 5.91. The van der Waals surface area contributed by atoms with E-state index in [-0.39, 0.29) is 12.0 Å². The second-order valence-corrected chi connectivity index (χ2v) is 6.98. The van der Waals surface area contributed by atoms with Crippen LogP contribution in [0.5, 0.6) is 5.75 Å². The van der Waals surface area contributed by atoms with Crippen LogP contribution in [0, 0.1) is 6.92 Å². The number of carbonyl (C=O) groups is 1. The summed E-state index contributed by atoms with van der Waals surface area (Å²) in [6, 6.07) is 11.7. The van der Waals surface area contributed by atoms with Crippen LogP contribution in [0.15, 0.2) is 48.8 Å². The van der Waals surface area contributed by atoms with Crippen molar-refractivity contribution in [3.63, 3.8) is 0 Å². The van der Waals surface area contributed by atoms with Crippen LogP contribution < -0.4 is 10.1 Å². The number of aryl methyl sites for hydroxylation is 1. The van der Waals surface area contributed by atoms with Crippen molar-refractivity contribution in [2.45, 2.75) is 39.3 Å². The van der Waals surface area contributed by atoms with Gasteiger partial charge in [0, 0.05) is 24.9 Å². The molecule has 1 amide bonds. The number of fused-ring (bicyclic) bond motifs is 1. The Hall–Kier alpha value is -3.15. The Labute approximate surface area is 158 Å². The van der Waals surface area contributed by atoms with Crippen molar-refractivity contribution in [1.29, 1.82) is 0 Å². The predicted molar refractivity (Wildman–Crippen MR) is 103 cm³/mol. The molecule has 1 unspecified atom stereocenters. The van der Waals surface area contributed by atoms with E-state index < -0.39 is 0 Å². The summed E-state index contributed by atoms with van der Waals surface area (Å²) in [5.74, 6) is 1.57. The standard InChI is InChI=1S/C21H22N4O2/c1-14-9-20(25(24-14)13-16-5-7-22-8-6-16)23-21(26)12-17-3-4-19-18(11-17)10-15(2)27-19/h3-9,11,15H,10,12-13H2,1-2H3,(H,23,26). The second kappa shape index (κ2) is 7.23. The van der Waals surface area contributed by atoms with Gasteiger partial charge < -0.3 is 10.1 Å². The Balaban J connectivity index is 1.45. The number of hydrogen-bond acceptors (Lipinski definition) is 4. The maximum absolute atomic E-state index is 12.6. The number of benzene rings is 1. The van der Waals surface area contributed by atoms with E-state index in [9.17, 15) is 4.79 Å². The lowest BCUT2D eigenvalue weighted by atomic mass is 10.0. The predicted octanol–water partition coefficient (Wildman–Crippen LogP) is 3.14. The molecule has 138 valence electrons. The summed E-state index contributed by atoms with van der Waals surface area (Å²) in [4.78, 5) is 16.6. The molecule has 27 heavy (non-hydrogen) atoms. The maximum Gasteiger partial charge on any atom is 0.229 e. The number of hydrogen-bond donors (Lipinski definition) is 1. The van der Waals surface area contributed by atoms with Gasteiger partial charge in [0.1, 0.15) is 17.7 Å². The van der Waals surface area contributed by atoms with Crippen LogP contribution in [0.25, 0.3) is 0 Å². The van der Waals surface area contributed by atoms with Gasteiger partial charge >= 0.3 is 0 Å². The molecule has 3 aromatic rings. The van der Waals surface area contributed by atoms with Gasteiger partial charge in [-0.2, -0.15) is 5.10 Å². The fourth-order valence-corrected chi connectivity index (χ4v) is 3.39. The number of anilines is 1. The number of nitrogens with zero attached hydrogens (tertiary/aromatic N) is 3. The van der Waals surface area contributed by atoms with E-state index in [4.69, 9.17) is 4.74 Å². The summed E-state index contributed by atoms with van der Waals surface area (Å²) in [6.45, 7) is 4.55. The minimum Gasteiger partial charge on any atom is -0.490 e. The average molecular weight is 362 g/mol. The molecule has 2 aromatic heterocycles. The van der Waals surface area contributed by atoms with Gasteiger partial charge in [-0.1, -0.05) is 12.1 Å². The zero-order valence-electron chi connectivity index (χ0n) is 15.5. The third kappa shape index (κ3) is 4.00. The molecule has 0 saturated heterocycles. The molecule has 0 bridgehead atoms. The van der Waals surface area contributed by atoms with Gasteiger partial charge in [0.25, 0.3) is 0 Å². The van der Waals surface area contributed by atoms with Crippen LogP contribution in [0.4, 0.5) is 5.82 Å². The Kier molecular flexibility index (Phi) is 4.62. The number of aromatic nitrogens is 3. The fraction of sp³-hybridized carbons (Fsp3) is 0.286. The van der Waals surface area contributed by atoms with Gasteiger partial charge in [-0.05, 0) is 48.7 Å². The van der Waals surface area contributed by atoms with Gasteiger partial charge in [0.05, 0.1) is 18.7 Å². The van der Waals surface area contributed by atoms with Crippen LogP contribution >= 0.6 is 0 Å². The van der Waals surface area contributed by atoms with Crippen LogP contribution in [0.1, 0.15) is 29.3 Å². The first-order valence-corrected chi connectivity index (χ1v) is 9.08. The summed E-state index contributed by atoms with van der Waals surface area (Å²) >= 11 is 0. The highest BCUT2D eigenvalue weighted by Crippen LogP contribution is 2.29. The smallest absolute Gasteiger partial charge is 0.229 e. The third-order valence-electron chi connectivity index (χ3n) is 4.58. The van der Waals surface area contributed by atoms with Gasteiger partial charge in [0.2, 0.25) is 5.91 Å². The van der Waals surface area contributed by atoms with Crippen molar-refractivity contribution < 1.29 is 9.53 Å². The Morgan fingerprint density at radius 2 is 2.04 bits per heavy atom. The Bertz CT molecular complexity index is 966. The molecule has 1 aromatic carbocycles. The normalized spacial score (nSPS) is 15.3. The summed E-state index contributed by atoms with van der Waals surface area (Å²) in [5.41, 5.74) is 4.10. The van der Waals surface area contributed by atoms with Crippen molar-refractivity contribution in [3.05, 3.63) is 71.2 Å². The van der Waals surface area contributed by atoms with E-state index in [1.807, 2.05) is 37.3 Å². The number of carbonyl (C=O) groups excluding carboxylic acids is 1. The summed E-state index contributed by atoms with van der Waals surface area (Å²) in [7, 11) is 0. The number of nitrogens with one attached hydrogen (secondary N) is 1. The van der Waals surface area contributed by atoms with Gasteiger partial charge in [-0.3, -0.25) is 9.78 Å². The van der Waals surface area contributed by atoms with Gasteiger partial charge in [-0.15, -0.1) is 0 Å². The first kappa shape index (κ1) is 17.3. The SMILES string of the molecule is Cc1cc(NC(=O)Cc2ccc3c(c2)CC(C)O3)n(Cc2ccncc2)n1. The molecular weight excluding hydrogens is 340 g/mol. The number of pyridine rings is 1. The van der Waals surface area contributed by atoms with Crippen LogP contribution in [0.2, 0.25) is 0 Å². The number of ether oxygens (including phenoxy) is 1. The summed E-state index contributed by atoms with van der Waals surface area (Å²) in [6.07, 6.45) is 4.92. The molecule has 0 fully saturated rings. The van der Waals surface area contributed by atoms with E-state index >= 15 is 0 Å². The molecule has 3 heterocycles. The quantitative estimate of drug-likeness (QED) is 0.757. The minimum atomic E-state index is -0.0576. The highest BCUT2D eigenvalue weighted by atomic mass is 16.5. The van der Waals surface area contributed by atoms with Crippen molar-refractivity contribution in [1.82, 2.24) is 14.8 Å². The van der Waals surface area contributed by atoms with Gasteiger partial charge in [0.15, 0.2) is 0 Å². The molecule has 1 N–H and O–H groups in total. The fourth-order valence-electron chi connectivity index (χ4n) is 3.39. The zero-order chi connectivity index (χ0) is 18.8. The van der Waals surface area contributed by atoms with E-state index in [2.05, 4.69) is 28.4 Å². The lowest BCUT2D eigenvalue weighted by molar-refractivity contribution is -0.115. The summed E-state index contributed by atoms with van der Waals surface area (Å²) in [5, 5.41) is 7.48. The van der Waals surface area contributed by atoms with Crippen LogP contribution in [-0.2, 0) is 24.2 Å². The lowest BCUT2D eigenvalue weighted by Crippen LogP contribution is -2.18. The van der Waals surface area contributed by atoms with Crippen molar-refractivity contribution in [2.75, 3.05) is 5.32 Å². The zero-order valence-corrected chi connectivity index (χ0v) is 15.5. The average Bonchev–Trinajstić information content (AvgIpc) is 3.16. The monoisotopic (exact) mass is 362 g/mol. The molecular formula is C21H22N4O2. The topological polar surface area (TPSA) is 69.0 Å². The molecule has 0 saturated carbocycles. The van der Waals surface area contributed by atoms with Crippen LogP contribution in [0.3, 0.4) is 0 Å². The van der Waals surface area contributed by atoms with E-state index in [1.165, 1.54) is 5.56 Å². The Morgan fingerprint density at radius 3 is 2.85 bits per heavy atom. The summed E-state index contributed by atoms with van der Waals surface area (Å²) < 4.78 is 7.53. The van der Waals surface area contributed by atoms with E-state index in [1.54, 1.807) is 17.1 Å².